The molecule has 5 nitrogen and oxygen atoms in total. The van der Waals surface area contributed by atoms with E-state index in [1.807, 2.05) is 0 Å². The van der Waals surface area contributed by atoms with Gasteiger partial charge in [-0.05, 0) is 38.1 Å². The van der Waals surface area contributed by atoms with Gasteiger partial charge in [-0.3, -0.25) is 4.79 Å². The quantitative estimate of drug-likeness (QED) is 0.920. The molecule has 1 aromatic carbocycles. The van der Waals surface area contributed by atoms with Crippen LogP contribution in [-0.4, -0.2) is 40.1 Å². The van der Waals surface area contributed by atoms with Crippen molar-refractivity contribution in [1.82, 2.24) is 9.88 Å². The summed E-state index contributed by atoms with van der Waals surface area (Å²) in [5, 5.41) is 9.72. The lowest BCUT2D eigenvalue weighted by Crippen LogP contribution is -2.40. The molecule has 118 valence electrons. The minimum absolute atomic E-state index is 0.0806. The zero-order valence-electron chi connectivity index (χ0n) is 12.8. The van der Waals surface area contributed by atoms with Crippen LogP contribution < -0.4 is 0 Å². The van der Waals surface area contributed by atoms with E-state index in [0.29, 0.717) is 17.1 Å². The van der Waals surface area contributed by atoms with Crippen molar-refractivity contribution >= 4 is 5.91 Å². The number of aliphatic hydroxyl groups is 1. The molecule has 0 aliphatic carbocycles. The number of hydrogen-bond acceptors (Lipinski definition) is 4. The van der Waals surface area contributed by atoms with Crippen LogP contribution in [-0.2, 0) is 11.2 Å². The van der Waals surface area contributed by atoms with Crippen molar-refractivity contribution in [3.05, 3.63) is 42.0 Å². The molecule has 22 heavy (non-hydrogen) atoms. The molecule has 2 rings (SSSR count). The molecule has 0 unspecified atom stereocenters. The van der Waals surface area contributed by atoms with Gasteiger partial charge < -0.3 is 14.4 Å². The normalized spacial score (nSPS) is 11.5. The summed E-state index contributed by atoms with van der Waals surface area (Å²) < 4.78 is 18.2. The fraction of sp³-hybridized carbons (Fsp3) is 0.375. The number of nitrogens with zero attached hydrogens (tertiary/aromatic N) is 2. The SMILES string of the molecule is CN(CC(C)(C)O)C(=O)Cc1coc(-c2ccc(F)cc2)n1. The predicted molar refractivity (Wildman–Crippen MR) is 79.5 cm³/mol. The van der Waals surface area contributed by atoms with Crippen LogP contribution in [0.4, 0.5) is 4.39 Å². The van der Waals surface area contributed by atoms with Gasteiger partial charge in [0, 0.05) is 19.2 Å². The highest BCUT2D eigenvalue weighted by molar-refractivity contribution is 5.78. The van der Waals surface area contributed by atoms with Gasteiger partial charge in [0.1, 0.15) is 12.1 Å². The van der Waals surface area contributed by atoms with Crippen molar-refractivity contribution in [2.75, 3.05) is 13.6 Å². The molecule has 0 bridgehead atoms. The van der Waals surface area contributed by atoms with Gasteiger partial charge in [0.05, 0.1) is 17.7 Å². The van der Waals surface area contributed by atoms with Crippen LogP contribution in [0.2, 0.25) is 0 Å². The zero-order chi connectivity index (χ0) is 16.3. The molecule has 1 aromatic heterocycles. The number of amides is 1. The largest absolute Gasteiger partial charge is 0.444 e. The number of halogens is 1. The smallest absolute Gasteiger partial charge is 0.228 e. The molecule has 1 heterocycles. The van der Waals surface area contributed by atoms with Crippen molar-refractivity contribution in [3.63, 3.8) is 0 Å². The van der Waals surface area contributed by atoms with Crippen molar-refractivity contribution in [3.8, 4) is 11.5 Å². The predicted octanol–water partition coefficient (Wildman–Crippen LogP) is 2.25. The maximum atomic E-state index is 12.9. The minimum atomic E-state index is -0.951. The van der Waals surface area contributed by atoms with Crippen molar-refractivity contribution in [2.45, 2.75) is 25.9 Å². The molecule has 1 amide bonds. The standard InChI is InChI=1S/C16H19FN2O3/c1-16(2,21)10-19(3)14(20)8-13-9-22-15(18-13)11-4-6-12(17)7-5-11/h4-7,9,21H,8,10H2,1-3H3. The lowest BCUT2D eigenvalue weighted by Gasteiger charge is -2.25. The van der Waals surface area contributed by atoms with Gasteiger partial charge >= 0.3 is 0 Å². The Morgan fingerprint density at radius 2 is 2.00 bits per heavy atom. The highest BCUT2D eigenvalue weighted by atomic mass is 19.1. The van der Waals surface area contributed by atoms with E-state index in [1.165, 1.54) is 23.3 Å². The third-order valence-corrected chi connectivity index (χ3v) is 3.03. The van der Waals surface area contributed by atoms with Crippen molar-refractivity contribution in [1.29, 1.82) is 0 Å². The molecule has 0 spiro atoms. The van der Waals surface area contributed by atoms with Gasteiger partial charge in [0.25, 0.3) is 0 Å². The highest BCUT2D eigenvalue weighted by Gasteiger charge is 2.20. The van der Waals surface area contributed by atoms with Gasteiger partial charge in [0.15, 0.2) is 0 Å². The van der Waals surface area contributed by atoms with Crippen LogP contribution in [0.15, 0.2) is 34.9 Å². The van der Waals surface area contributed by atoms with Gasteiger partial charge in [-0.15, -0.1) is 0 Å². The summed E-state index contributed by atoms with van der Waals surface area (Å²) in [6, 6.07) is 5.77. The maximum absolute atomic E-state index is 12.9. The number of likely N-dealkylation sites (N-methyl/N-ethyl adjacent to an activating group) is 1. The van der Waals surface area contributed by atoms with Crippen LogP contribution >= 0.6 is 0 Å². The third kappa shape index (κ3) is 4.39. The average molecular weight is 306 g/mol. The number of benzene rings is 1. The lowest BCUT2D eigenvalue weighted by molar-refractivity contribution is -0.131. The van der Waals surface area contributed by atoms with Crippen LogP contribution in [0.25, 0.3) is 11.5 Å². The molecule has 0 saturated carbocycles. The number of hydrogen-bond donors (Lipinski definition) is 1. The molecule has 0 radical (unpaired) electrons. The Morgan fingerprint density at radius 1 is 1.36 bits per heavy atom. The Labute approximate surface area is 128 Å². The summed E-state index contributed by atoms with van der Waals surface area (Å²) in [6.07, 6.45) is 1.49. The number of aromatic nitrogens is 1. The zero-order valence-corrected chi connectivity index (χ0v) is 12.8. The second-order valence-electron chi connectivity index (χ2n) is 5.89. The first-order chi connectivity index (χ1) is 10.2. The lowest BCUT2D eigenvalue weighted by atomic mass is 10.1. The molecule has 6 heteroatoms. The summed E-state index contributed by atoms with van der Waals surface area (Å²) in [5.41, 5.74) is 0.185. The van der Waals surface area contributed by atoms with E-state index < -0.39 is 5.60 Å². The summed E-state index contributed by atoms with van der Waals surface area (Å²) in [5.74, 6) is -0.159. The van der Waals surface area contributed by atoms with Crippen LogP contribution in [0.5, 0.6) is 0 Å². The molecule has 0 saturated heterocycles. The van der Waals surface area contributed by atoms with Crippen molar-refractivity contribution in [2.24, 2.45) is 0 Å². The summed E-state index contributed by atoms with van der Waals surface area (Å²) >= 11 is 0. The Morgan fingerprint density at radius 3 is 2.59 bits per heavy atom. The fourth-order valence-corrected chi connectivity index (χ4v) is 2.07. The van der Waals surface area contributed by atoms with E-state index in [9.17, 15) is 14.3 Å². The van der Waals surface area contributed by atoms with Crippen LogP contribution in [0.1, 0.15) is 19.5 Å². The third-order valence-electron chi connectivity index (χ3n) is 3.03. The number of rotatable bonds is 5. The highest BCUT2D eigenvalue weighted by Crippen LogP contribution is 2.19. The van der Waals surface area contributed by atoms with E-state index in [4.69, 9.17) is 4.42 Å². The molecule has 1 N–H and O–H groups in total. The first kappa shape index (κ1) is 16.2. The molecular formula is C16H19FN2O3. The first-order valence-corrected chi connectivity index (χ1v) is 6.91. The molecule has 0 fully saturated rings. The Bertz CT molecular complexity index is 644. The van der Waals surface area contributed by atoms with E-state index in [0.717, 1.165) is 0 Å². The molecule has 0 aliphatic heterocycles. The molecule has 0 atom stereocenters. The maximum Gasteiger partial charge on any atom is 0.228 e. The molecule has 2 aromatic rings. The first-order valence-electron chi connectivity index (χ1n) is 6.91. The van der Waals surface area contributed by atoms with Crippen LogP contribution in [0, 0.1) is 5.82 Å². The Kier molecular flexibility index (Phi) is 4.61. The molecule has 0 aliphatic rings. The van der Waals surface area contributed by atoms with E-state index in [-0.39, 0.29) is 24.7 Å². The Balaban J connectivity index is 2.03. The van der Waals surface area contributed by atoms with E-state index in [1.54, 1.807) is 33.0 Å². The summed E-state index contributed by atoms with van der Waals surface area (Å²) in [6.45, 7) is 3.51. The second kappa shape index (κ2) is 6.27. The number of carbonyl (C=O) groups excluding carboxylic acids is 1. The average Bonchev–Trinajstić information content (AvgIpc) is 2.86. The minimum Gasteiger partial charge on any atom is -0.444 e. The second-order valence-corrected chi connectivity index (χ2v) is 5.89. The van der Waals surface area contributed by atoms with E-state index in [2.05, 4.69) is 4.98 Å². The number of carbonyl (C=O) groups is 1. The monoisotopic (exact) mass is 306 g/mol. The summed E-state index contributed by atoms with van der Waals surface area (Å²) in [7, 11) is 1.63. The fourth-order valence-electron chi connectivity index (χ4n) is 2.07. The molecular weight excluding hydrogens is 287 g/mol. The van der Waals surface area contributed by atoms with Gasteiger partial charge in [-0.25, -0.2) is 9.37 Å². The number of oxazole rings is 1. The van der Waals surface area contributed by atoms with Gasteiger partial charge in [-0.2, -0.15) is 0 Å². The summed E-state index contributed by atoms with van der Waals surface area (Å²) in [4.78, 5) is 17.7. The Hall–Kier alpha value is -2.21. The van der Waals surface area contributed by atoms with E-state index >= 15 is 0 Å². The topological polar surface area (TPSA) is 66.6 Å². The van der Waals surface area contributed by atoms with Crippen molar-refractivity contribution < 1.29 is 18.7 Å². The van der Waals surface area contributed by atoms with Gasteiger partial charge in [0.2, 0.25) is 11.8 Å². The van der Waals surface area contributed by atoms with Gasteiger partial charge in [-0.1, -0.05) is 0 Å². The van der Waals surface area contributed by atoms with Crippen LogP contribution in [0.3, 0.4) is 0 Å².